The smallest absolute Gasteiger partial charge is 0.201 e. The van der Waals surface area contributed by atoms with Gasteiger partial charge in [0.1, 0.15) is 0 Å². The molecule has 0 spiro atoms. The molecule has 1 aromatic carbocycles. The summed E-state index contributed by atoms with van der Waals surface area (Å²) in [7, 11) is 0. The molecule has 3 N–H and O–H groups in total. The Kier molecular flexibility index (Phi) is 2.50. The predicted octanol–water partition coefficient (Wildman–Crippen LogP) is 1.73. The van der Waals surface area contributed by atoms with E-state index in [0.717, 1.165) is 30.1 Å². The summed E-state index contributed by atoms with van der Waals surface area (Å²) >= 11 is 0. The summed E-state index contributed by atoms with van der Waals surface area (Å²) in [6.07, 6.45) is 2.54. The predicted molar refractivity (Wildman–Crippen MR) is 65.6 cm³/mol. The molecular weight excluding hydrogens is 200 g/mol. The summed E-state index contributed by atoms with van der Waals surface area (Å²) in [5.41, 5.74) is 2.11. The van der Waals surface area contributed by atoms with Crippen molar-refractivity contribution < 1.29 is 0 Å². The van der Waals surface area contributed by atoms with Gasteiger partial charge in [0.25, 0.3) is 0 Å². The van der Waals surface area contributed by atoms with E-state index in [4.69, 9.17) is 0 Å². The maximum Gasteiger partial charge on any atom is 0.201 e. The maximum atomic E-state index is 4.48. The summed E-state index contributed by atoms with van der Waals surface area (Å²) in [4.78, 5) is 7.75. The minimum atomic E-state index is 0.591. The summed E-state index contributed by atoms with van der Waals surface area (Å²) in [5.74, 6) is 0.870. The molecule has 1 aliphatic heterocycles. The van der Waals surface area contributed by atoms with Crippen molar-refractivity contribution in [3.63, 3.8) is 0 Å². The molecule has 1 aliphatic rings. The molecule has 0 amide bonds. The number of H-pyrrole nitrogens is 1. The fourth-order valence-corrected chi connectivity index (χ4v) is 2.19. The van der Waals surface area contributed by atoms with Crippen LogP contribution in [0.25, 0.3) is 11.0 Å². The van der Waals surface area contributed by atoms with E-state index in [1.807, 2.05) is 24.3 Å². The van der Waals surface area contributed by atoms with Crippen LogP contribution in [-0.2, 0) is 0 Å². The highest BCUT2D eigenvalue weighted by Crippen LogP contribution is 2.13. The molecule has 2 aromatic rings. The number of fused-ring (bicyclic) bond motifs is 1. The summed E-state index contributed by atoms with van der Waals surface area (Å²) in [5, 5.41) is 6.80. The van der Waals surface area contributed by atoms with E-state index in [1.54, 1.807) is 0 Å². The average Bonchev–Trinajstić information content (AvgIpc) is 2.95. The van der Waals surface area contributed by atoms with Crippen LogP contribution in [0.1, 0.15) is 12.8 Å². The highest BCUT2D eigenvalue weighted by atomic mass is 15.1. The van der Waals surface area contributed by atoms with Crippen molar-refractivity contribution in [3.05, 3.63) is 24.3 Å². The summed E-state index contributed by atoms with van der Waals surface area (Å²) < 4.78 is 0. The number of hydrogen-bond donors (Lipinski definition) is 3. The Balaban J connectivity index is 1.69. The summed E-state index contributed by atoms with van der Waals surface area (Å²) in [6, 6.07) is 8.67. The van der Waals surface area contributed by atoms with Gasteiger partial charge >= 0.3 is 0 Å². The third-order valence-electron chi connectivity index (χ3n) is 3.07. The van der Waals surface area contributed by atoms with Crippen LogP contribution in [-0.4, -0.2) is 29.1 Å². The Morgan fingerprint density at radius 1 is 1.38 bits per heavy atom. The molecule has 2 heterocycles. The van der Waals surface area contributed by atoms with Gasteiger partial charge in [-0.05, 0) is 31.5 Å². The van der Waals surface area contributed by atoms with E-state index >= 15 is 0 Å². The van der Waals surface area contributed by atoms with Gasteiger partial charge in [0, 0.05) is 12.6 Å². The summed E-state index contributed by atoms with van der Waals surface area (Å²) in [6.45, 7) is 2.09. The molecule has 0 saturated carbocycles. The first-order chi connectivity index (χ1) is 7.92. The number of aromatic nitrogens is 2. The quantitative estimate of drug-likeness (QED) is 0.732. The largest absolute Gasteiger partial charge is 0.354 e. The Labute approximate surface area is 94.5 Å². The normalized spacial score (nSPS) is 20.4. The lowest BCUT2D eigenvalue weighted by Gasteiger charge is -2.09. The highest BCUT2D eigenvalue weighted by molar-refractivity contribution is 5.77. The second-order valence-corrected chi connectivity index (χ2v) is 4.28. The number of benzene rings is 1. The van der Waals surface area contributed by atoms with Crippen molar-refractivity contribution in [2.45, 2.75) is 18.9 Å². The SMILES string of the molecule is c1ccc2[nH]c(NCC3CCCN3)nc2c1. The molecule has 0 aliphatic carbocycles. The molecule has 1 fully saturated rings. The van der Waals surface area contributed by atoms with Crippen LogP contribution in [0.5, 0.6) is 0 Å². The fourth-order valence-electron chi connectivity index (χ4n) is 2.19. The van der Waals surface area contributed by atoms with Crippen LogP contribution in [0.15, 0.2) is 24.3 Å². The standard InChI is InChI=1S/C12H16N4/c1-2-6-11-10(5-1)15-12(16-11)14-8-9-4-3-7-13-9/h1-2,5-6,9,13H,3-4,7-8H2,(H2,14,15,16). The highest BCUT2D eigenvalue weighted by Gasteiger charge is 2.13. The Morgan fingerprint density at radius 3 is 3.12 bits per heavy atom. The van der Waals surface area contributed by atoms with Gasteiger partial charge in [-0.15, -0.1) is 0 Å². The maximum absolute atomic E-state index is 4.48. The molecule has 1 unspecified atom stereocenters. The molecule has 1 atom stereocenters. The van der Waals surface area contributed by atoms with E-state index in [-0.39, 0.29) is 0 Å². The molecule has 4 heteroatoms. The van der Waals surface area contributed by atoms with Crippen molar-refractivity contribution in [3.8, 4) is 0 Å². The number of para-hydroxylation sites is 2. The number of anilines is 1. The van der Waals surface area contributed by atoms with E-state index in [2.05, 4.69) is 20.6 Å². The van der Waals surface area contributed by atoms with Gasteiger partial charge in [0.15, 0.2) is 0 Å². The van der Waals surface area contributed by atoms with Crippen molar-refractivity contribution in [2.24, 2.45) is 0 Å². The first kappa shape index (κ1) is 9.66. The molecule has 0 bridgehead atoms. The minimum absolute atomic E-state index is 0.591. The van der Waals surface area contributed by atoms with E-state index in [9.17, 15) is 0 Å². The van der Waals surface area contributed by atoms with Crippen LogP contribution < -0.4 is 10.6 Å². The average molecular weight is 216 g/mol. The molecule has 16 heavy (non-hydrogen) atoms. The number of aromatic amines is 1. The van der Waals surface area contributed by atoms with Crippen LogP contribution in [0, 0.1) is 0 Å². The fraction of sp³-hybridized carbons (Fsp3) is 0.417. The van der Waals surface area contributed by atoms with Crippen LogP contribution >= 0.6 is 0 Å². The zero-order valence-corrected chi connectivity index (χ0v) is 9.16. The molecule has 84 valence electrons. The van der Waals surface area contributed by atoms with Crippen molar-refractivity contribution in [1.82, 2.24) is 15.3 Å². The Bertz CT molecular complexity index is 438. The first-order valence-electron chi connectivity index (χ1n) is 5.84. The van der Waals surface area contributed by atoms with Crippen molar-refractivity contribution in [2.75, 3.05) is 18.4 Å². The van der Waals surface area contributed by atoms with Gasteiger partial charge in [0.05, 0.1) is 11.0 Å². The second kappa shape index (κ2) is 4.14. The lowest BCUT2D eigenvalue weighted by Crippen LogP contribution is -2.29. The number of hydrogen-bond acceptors (Lipinski definition) is 3. The minimum Gasteiger partial charge on any atom is -0.354 e. The number of rotatable bonds is 3. The number of nitrogens with one attached hydrogen (secondary N) is 3. The monoisotopic (exact) mass is 216 g/mol. The number of nitrogens with zero attached hydrogens (tertiary/aromatic N) is 1. The molecule has 3 rings (SSSR count). The third kappa shape index (κ3) is 1.88. The van der Waals surface area contributed by atoms with Gasteiger partial charge in [-0.1, -0.05) is 12.1 Å². The lowest BCUT2D eigenvalue weighted by atomic mass is 10.2. The molecule has 1 saturated heterocycles. The zero-order chi connectivity index (χ0) is 10.8. The van der Waals surface area contributed by atoms with E-state index < -0.39 is 0 Å². The van der Waals surface area contributed by atoms with Crippen LogP contribution in [0.4, 0.5) is 5.95 Å². The topological polar surface area (TPSA) is 52.7 Å². The van der Waals surface area contributed by atoms with Gasteiger partial charge in [-0.25, -0.2) is 4.98 Å². The first-order valence-corrected chi connectivity index (χ1v) is 5.84. The Hall–Kier alpha value is -1.55. The van der Waals surface area contributed by atoms with Gasteiger partial charge < -0.3 is 15.6 Å². The molecular formula is C12H16N4. The van der Waals surface area contributed by atoms with E-state index in [1.165, 1.54) is 12.8 Å². The second-order valence-electron chi connectivity index (χ2n) is 4.28. The van der Waals surface area contributed by atoms with Crippen molar-refractivity contribution in [1.29, 1.82) is 0 Å². The Morgan fingerprint density at radius 2 is 2.31 bits per heavy atom. The number of imidazole rings is 1. The molecule has 0 radical (unpaired) electrons. The van der Waals surface area contributed by atoms with Crippen molar-refractivity contribution >= 4 is 17.0 Å². The van der Waals surface area contributed by atoms with Gasteiger partial charge in [0.2, 0.25) is 5.95 Å². The molecule has 4 nitrogen and oxygen atoms in total. The van der Waals surface area contributed by atoms with Gasteiger partial charge in [-0.3, -0.25) is 0 Å². The molecule has 1 aromatic heterocycles. The zero-order valence-electron chi connectivity index (χ0n) is 9.16. The van der Waals surface area contributed by atoms with Crippen LogP contribution in [0.3, 0.4) is 0 Å². The van der Waals surface area contributed by atoms with E-state index in [0.29, 0.717) is 6.04 Å². The van der Waals surface area contributed by atoms with Gasteiger partial charge in [-0.2, -0.15) is 0 Å². The lowest BCUT2D eigenvalue weighted by molar-refractivity contribution is 0.632. The third-order valence-corrected chi connectivity index (χ3v) is 3.07. The van der Waals surface area contributed by atoms with Crippen LogP contribution in [0.2, 0.25) is 0 Å².